The molecule has 25 heavy (non-hydrogen) atoms. The van der Waals surface area contributed by atoms with Crippen LogP contribution in [0, 0.1) is 0 Å². The molecule has 1 aliphatic carbocycles. The van der Waals surface area contributed by atoms with Gasteiger partial charge in [-0.2, -0.15) is 5.10 Å². The molecular weight excluding hydrogens is 312 g/mol. The van der Waals surface area contributed by atoms with Crippen LogP contribution < -0.4 is 5.32 Å². The smallest absolute Gasteiger partial charge is 0.270 e. The Balaban J connectivity index is 1.53. The molecule has 1 N–H and O–H groups in total. The standard InChI is InChI=1S/C20H26N4O/c1-2-23-12-10-16(11-13-23)21-20(25)19-14-18(15-8-9-15)22-24(19)17-6-4-3-5-7-17/h3-7,14-16H,2,8-13H2,1H3,(H,21,25). The molecule has 0 spiro atoms. The number of amides is 1. The zero-order valence-corrected chi connectivity index (χ0v) is 14.8. The Kier molecular flexibility index (Phi) is 4.57. The van der Waals surface area contributed by atoms with Gasteiger partial charge in [-0.15, -0.1) is 0 Å². The van der Waals surface area contributed by atoms with Gasteiger partial charge >= 0.3 is 0 Å². The lowest BCUT2D eigenvalue weighted by Gasteiger charge is -2.31. The van der Waals surface area contributed by atoms with Gasteiger partial charge in [0, 0.05) is 25.0 Å². The number of hydrogen-bond donors (Lipinski definition) is 1. The molecule has 1 saturated heterocycles. The number of carbonyl (C=O) groups is 1. The Morgan fingerprint density at radius 2 is 1.88 bits per heavy atom. The number of benzene rings is 1. The Morgan fingerprint density at radius 3 is 2.52 bits per heavy atom. The van der Waals surface area contributed by atoms with Crippen LogP contribution >= 0.6 is 0 Å². The van der Waals surface area contributed by atoms with Gasteiger partial charge in [0.15, 0.2) is 0 Å². The molecule has 5 heteroatoms. The largest absolute Gasteiger partial charge is 0.348 e. The number of piperidine rings is 1. The number of para-hydroxylation sites is 1. The van der Waals surface area contributed by atoms with E-state index in [-0.39, 0.29) is 11.9 Å². The van der Waals surface area contributed by atoms with E-state index in [0.717, 1.165) is 43.9 Å². The predicted octanol–water partition coefficient (Wildman–Crippen LogP) is 2.96. The van der Waals surface area contributed by atoms with Crippen LogP contribution in [0.25, 0.3) is 5.69 Å². The van der Waals surface area contributed by atoms with Crippen molar-refractivity contribution in [2.75, 3.05) is 19.6 Å². The van der Waals surface area contributed by atoms with Crippen molar-refractivity contribution in [3.8, 4) is 5.69 Å². The third-order valence-corrected chi connectivity index (χ3v) is 5.33. The van der Waals surface area contributed by atoms with Gasteiger partial charge in [0.05, 0.1) is 11.4 Å². The van der Waals surface area contributed by atoms with Crippen LogP contribution in [0.4, 0.5) is 0 Å². The molecule has 2 aromatic rings. The predicted molar refractivity (Wildman–Crippen MR) is 98.1 cm³/mol. The molecule has 2 heterocycles. The second kappa shape index (κ2) is 7.00. The van der Waals surface area contributed by atoms with E-state index in [1.54, 1.807) is 0 Å². The highest BCUT2D eigenvalue weighted by atomic mass is 16.2. The molecule has 132 valence electrons. The van der Waals surface area contributed by atoms with Crippen molar-refractivity contribution in [3.63, 3.8) is 0 Å². The van der Waals surface area contributed by atoms with E-state index in [4.69, 9.17) is 5.10 Å². The minimum absolute atomic E-state index is 0.00167. The second-order valence-corrected chi connectivity index (χ2v) is 7.16. The van der Waals surface area contributed by atoms with Crippen LogP contribution in [-0.2, 0) is 0 Å². The van der Waals surface area contributed by atoms with Crippen LogP contribution in [0.15, 0.2) is 36.4 Å². The van der Waals surface area contributed by atoms with Crippen molar-refractivity contribution in [1.82, 2.24) is 20.0 Å². The fourth-order valence-corrected chi connectivity index (χ4v) is 3.56. The summed E-state index contributed by atoms with van der Waals surface area (Å²) in [6.45, 7) is 5.41. The zero-order chi connectivity index (χ0) is 17.2. The third kappa shape index (κ3) is 3.61. The number of nitrogens with one attached hydrogen (secondary N) is 1. The van der Waals surface area contributed by atoms with Crippen LogP contribution in [-0.4, -0.2) is 46.3 Å². The molecule has 2 aliphatic rings. The van der Waals surface area contributed by atoms with E-state index >= 15 is 0 Å². The maximum Gasteiger partial charge on any atom is 0.270 e. The highest BCUT2D eigenvalue weighted by molar-refractivity contribution is 5.93. The minimum Gasteiger partial charge on any atom is -0.348 e. The topological polar surface area (TPSA) is 50.2 Å². The molecule has 1 amide bonds. The Bertz CT molecular complexity index is 727. The average molecular weight is 338 g/mol. The normalized spacial score (nSPS) is 19.1. The molecule has 1 saturated carbocycles. The number of nitrogens with zero attached hydrogens (tertiary/aromatic N) is 3. The first-order valence-corrected chi connectivity index (χ1v) is 9.43. The lowest BCUT2D eigenvalue weighted by atomic mass is 10.0. The summed E-state index contributed by atoms with van der Waals surface area (Å²) in [5.41, 5.74) is 2.65. The Hall–Kier alpha value is -2.14. The van der Waals surface area contributed by atoms with Crippen LogP contribution in [0.5, 0.6) is 0 Å². The summed E-state index contributed by atoms with van der Waals surface area (Å²) in [7, 11) is 0. The van der Waals surface area contributed by atoms with Gasteiger partial charge in [0.1, 0.15) is 5.69 Å². The first-order valence-electron chi connectivity index (χ1n) is 9.43. The molecule has 2 fully saturated rings. The van der Waals surface area contributed by atoms with Crippen molar-refractivity contribution >= 4 is 5.91 Å². The summed E-state index contributed by atoms with van der Waals surface area (Å²) in [6.07, 6.45) is 4.41. The highest BCUT2D eigenvalue weighted by Gasteiger charge is 2.29. The number of carbonyl (C=O) groups excluding carboxylic acids is 1. The molecule has 1 aromatic carbocycles. The molecule has 5 nitrogen and oxygen atoms in total. The van der Waals surface area contributed by atoms with Gasteiger partial charge in [-0.3, -0.25) is 4.79 Å². The van der Waals surface area contributed by atoms with Crippen molar-refractivity contribution in [1.29, 1.82) is 0 Å². The van der Waals surface area contributed by atoms with Gasteiger partial charge in [0.2, 0.25) is 0 Å². The maximum atomic E-state index is 12.9. The highest BCUT2D eigenvalue weighted by Crippen LogP contribution is 2.39. The molecule has 0 radical (unpaired) electrons. The molecule has 4 rings (SSSR count). The monoisotopic (exact) mass is 338 g/mol. The molecule has 0 unspecified atom stereocenters. The van der Waals surface area contributed by atoms with Gasteiger partial charge < -0.3 is 10.2 Å². The summed E-state index contributed by atoms with van der Waals surface area (Å²) in [5, 5.41) is 7.97. The summed E-state index contributed by atoms with van der Waals surface area (Å²) < 4.78 is 1.81. The number of aromatic nitrogens is 2. The molecule has 1 aromatic heterocycles. The van der Waals surface area contributed by atoms with Crippen LogP contribution in [0.1, 0.15) is 54.7 Å². The van der Waals surface area contributed by atoms with E-state index in [9.17, 15) is 4.79 Å². The second-order valence-electron chi connectivity index (χ2n) is 7.16. The quantitative estimate of drug-likeness (QED) is 0.912. The van der Waals surface area contributed by atoms with E-state index < -0.39 is 0 Å². The van der Waals surface area contributed by atoms with Crippen molar-refractivity contribution in [2.24, 2.45) is 0 Å². The van der Waals surface area contributed by atoms with E-state index in [2.05, 4.69) is 17.1 Å². The van der Waals surface area contributed by atoms with Crippen LogP contribution in [0.3, 0.4) is 0 Å². The average Bonchev–Trinajstić information content (AvgIpc) is 3.41. The van der Waals surface area contributed by atoms with Gasteiger partial charge in [0.25, 0.3) is 5.91 Å². The molecule has 0 bridgehead atoms. The fraction of sp³-hybridized carbons (Fsp3) is 0.500. The zero-order valence-electron chi connectivity index (χ0n) is 14.8. The Morgan fingerprint density at radius 1 is 1.16 bits per heavy atom. The summed E-state index contributed by atoms with van der Waals surface area (Å²) in [5.74, 6) is 0.530. The first kappa shape index (κ1) is 16.3. The Labute approximate surface area is 149 Å². The number of likely N-dealkylation sites (tertiary alicyclic amines) is 1. The third-order valence-electron chi connectivity index (χ3n) is 5.33. The summed E-state index contributed by atoms with van der Waals surface area (Å²) >= 11 is 0. The number of hydrogen-bond acceptors (Lipinski definition) is 3. The van der Waals surface area contributed by atoms with Crippen molar-refractivity contribution in [2.45, 2.75) is 44.6 Å². The lowest BCUT2D eigenvalue weighted by molar-refractivity contribution is 0.0905. The van der Waals surface area contributed by atoms with Crippen molar-refractivity contribution < 1.29 is 4.79 Å². The maximum absolute atomic E-state index is 12.9. The van der Waals surface area contributed by atoms with Crippen molar-refractivity contribution in [3.05, 3.63) is 47.8 Å². The van der Waals surface area contributed by atoms with E-state index in [1.165, 1.54) is 12.8 Å². The fourth-order valence-electron chi connectivity index (χ4n) is 3.56. The van der Waals surface area contributed by atoms with Crippen LogP contribution in [0.2, 0.25) is 0 Å². The van der Waals surface area contributed by atoms with Gasteiger partial charge in [-0.25, -0.2) is 4.68 Å². The number of rotatable bonds is 5. The molecule has 0 atom stereocenters. The van der Waals surface area contributed by atoms with Gasteiger partial charge in [-0.05, 0) is 50.4 Å². The molecule has 1 aliphatic heterocycles. The summed E-state index contributed by atoms with van der Waals surface area (Å²) in [6, 6.07) is 12.2. The minimum atomic E-state index is -0.00167. The lowest BCUT2D eigenvalue weighted by Crippen LogP contribution is -2.44. The molecular formula is C20H26N4O. The van der Waals surface area contributed by atoms with Gasteiger partial charge in [-0.1, -0.05) is 25.1 Å². The first-order chi connectivity index (χ1) is 12.2. The summed E-state index contributed by atoms with van der Waals surface area (Å²) in [4.78, 5) is 15.4. The SMILES string of the molecule is CCN1CCC(NC(=O)c2cc(C3CC3)nn2-c2ccccc2)CC1. The van der Waals surface area contributed by atoms with E-state index in [0.29, 0.717) is 11.6 Å². The van der Waals surface area contributed by atoms with E-state index in [1.807, 2.05) is 41.1 Å².